The average molecular weight is 330 g/mol. The van der Waals surface area contributed by atoms with Crippen molar-refractivity contribution in [3.63, 3.8) is 0 Å². The Morgan fingerprint density at radius 1 is 1.04 bits per heavy atom. The number of carbonyl (C=O) groups excluding carboxylic acids is 1. The Hall–Kier alpha value is -2.59. The Kier molecular flexibility index (Phi) is 5.94. The number of benzene rings is 2. The number of hydrogen-bond donors (Lipinski definition) is 0. The molecule has 118 valence electrons. The van der Waals surface area contributed by atoms with Gasteiger partial charge in [0.25, 0.3) is 0 Å². The summed E-state index contributed by atoms with van der Waals surface area (Å²) in [6.45, 7) is 0. The van der Waals surface area contributed by atoms with E-state index in [0.717, 1.165) is 11.3 Å². The quantitative estimate of drug-likeness (QED) is 0.606. The fraction of sp³-hybridized carbons (Fsp3) is 0.111. The Labute approximate surface area is 140 Å². The van der Waals surface area contributed by atoms with Crippen LogP contribution in [0.4, 0.5) is 5.69 Å². The van der Waals surface area contributed by atoms with Crippen molar-refractivity contribution in [3.05, 3.63) is 65.2 Å². The van der Waals surface area contributed by atoms with E-state index in [0.29, 0.717) is 10.7 Å². The molecule has 23 heavy (non-hydrogen) atoms. The van der Waals surface area contributed by atoms with Crippen LogP contribution in [0.5, 0.6) is 5.75 Å². The third kappa shape index (κ3) is 4.97. The normalized spacial score (nSPS) is 11.5. The highest BCUT2D eigenvalue weighted by molar-refractivity contribution is 6.42. The number of halogens is 1. The molecule has 0 amide bonds. The first-order chi connectivity index (χ1) is 11.1. The summed E-state index contributed by atoms with van der Waals surface area (Å²) in [5.41, 5.74) is 1.74. The van der Waals surface area contributed by atoms with Crippen LogP contribution in [0.2, 0.25) is 5.02 Å². The highest BCUT2D eigenvalue weighted by Gasteiger charge is 2.08. The third-order valence-corrected chi connectivity index (χ3v) is 3.27. The first-order valence-electron chi connectivity index (χ1n) is 6.87. The van der Waals surface area contributed by atoms with Crippen LogP contribution in [0.1, 0.15) is 5.56 Å². The zero-order valence-electron chi connectivity index (χ0n) is 12.8. The molecule has 0 aliphatic rings. The number of methoxy groups -OCH3 is 2. The van der Waals surface area contributed by atoms with Crippen LogP contribution in [0.15, 0.2) is 59.6 Å². The smallest absolute Gasteiger partial charge is 0.356 e. The van der Waals surface area contributed by atoms with Gasteiger partial charge >= 0.3 is 5.97 Å². The highest BCUT2D eigenvalue weighted by Crippen LogP contribution is 2.18. The SMILES string of the molecule is COC(=O)C(/C=C/c1ccc(Cl)cc1)=Nc1ccc(OC)cc1. The molecule has 2 aromatic carbocycles. The first kappa shape index (κ1) is 16.8. The van der Waals surface area contributed by atoms with Crippen LogP contribution in [0.25, 0.3) is 6.08 Å². The van der Waals surface area contributed by atoms with Gasteiger partial charge in [-0.05, 0) is 48.0 Å². The molecule has 5 heteroatoms. The summed E-state index contributed by atoms with van der Waals surface area (Å²) < 4.78 is 9.86. The van der Waals surface area contributed by atoms with Gasteiger partial charge in [0.05, 0.1) is 19.9 Å². The predicted octanol–water partition coefficient (Wildman–Crippen LogP) is 4.31. The fourth-order valence-electron chi connectivity index (χ4n) is 1.80. The van der Waals surface area contributed by atoms with Crippen LogP contribution < -0.4 is 4.74 Å². The summed E-state index contributed by atoms with van der Waals surface area (Å²) in [6.07, 6.45) is 3.38. The molecule has 0 heterocycles. The molecule has 0 fully saturated rings. The predicted molar refractivity (Wildman–Crippen MR) is 92.6 cm³/mol. The number of carbonyl (C=O) groups is 1. The van der Waals surface area contributed by atoms with E-state index >= 15 is 0 Å². The molecular formula is C18H16ClNO3. The largest absolute Gasteiger partial charge is 0.497 e. The third-order valence-electron chi connectivity index (χ3n) is 3.02. The summed E-state index contributed by atoms with van der Waals surface area (Å²) in [5, 5.41) is 0.655. The Morgan fingerprint density at radius 2 is 1.70 bits per heavy atom. The molecule has 0 unspecified atom stereocenters. The Bertz CT molecular complexity index is 719. The van der Waals surface area contributed by atoms with Gasteiger partial charge in [0, 0.05) is 5.02 Å². The van der Waals surface area contributed by atoms with Gasteiger partial charge in [-0.2, -0.15) is 0 Å². The van der Waals surface area contributed by atoms with Crippen LogP contribution in [0.3, 0.4) is 0 Å². The number of hydrogen-bond acceptors (Lipinski definition) is 4. The van der Waals surface area contributed by atoms with Gasteiger partial charge < -0.3 is 9.47 Å². The van der Waals surface area contributed by atoms with Gasteiger partial charge in [-0.15, -0.1) is 0 Å². The average Bonchev–Trinajstić information content (AvgIpc) is 2.59. The summed E-state index contributed by atoms with van der Waals surface area (Å²) in [5.74, 6) is 0.214. The monoisotopic (exact) mass is 329 g/mol. The van der Waals surface area contributed by atoms with Gasteiger partial charge in [0.15, 0.2) is 0 Å². The fourth-order valence-corrected chi connectivity index (χ4v) is 1.93. The molecule has 0 radical (unpaired) electrons. The second-order valence-electron chi connectivity index (χ2n) is 4.57. The molecule has 0 atom stereocenters. The molecule has 2 aromatic rings. The lowest BCUT2D eigenvalue weighted by Gasteiger charge is -2.02. The molecule has 0 saturated heterocycles. The molecule has 4 nitrogen and oxygen atoms in total. The first-order valence-corrected chi connectivity index (χ1v) is 7.25. The molecule has 0 N–H and O–H groups in total. The van der Waals surface area contributed by atoms with Gasteiger partial charge in [0.2, 0.25) is 0 Å². The Morgan fingerprint density at radius 3 is 2.26 bits per heavy atom. The maximum atomic E-state index is 11.9. The number of aliphatic imine (C=N–C) groups is 1. The Balaban J connectivity index is 2.26. The van der Waals surface area contributed by atoms with E-state index in [4.69, 9.17) is 21.1 Å². The zero-order valence-corrected chi connectivity index (χ0v) is 13.6. The van der Waals surface area contributed by atoms with Crippen molar-refractivity contribution in [2.24, 2.45) is 4.99 Å². The number of rotatable bonds is 5. The summed E-state index contributed by atoms with van der Waals surface area (Å²) >= 11 is 5.85. The van der Waals surface area contributed by atoms with Crippen LogP contribution in [-0.4, -0.2) is 25.9 Å². The summed E-state index contributed by atoms with van der Waals surface area (Å²) in [7, 11) is 2.91. The van der Waals surface area contributed by atoms with E-state index < -0.39 is 5.97 Å². The van der Waals surface area contributed by atoms with Crippen LogP contribution in [-0.2, 0) is 9.53 Å². The van der Waals surface area contributed by atoms with Crippen molar-refractivity contribution in [2.45, 2.75) is 0 Å². The molecule has 0 aliphatic heterocycles. The lowest BCUT2D eigenvalue weighted by atomic mass is 10.2. The maximum absolute atomic E-state index is 11.9. The van der Waals surface area contributed by atoms with E-state index in [1.54, 1.807) is 55.7 Å². The second-order valence-corrected chi connectivity index (χ2v) is 5.01. The minimum Gasteiger partial charge on any atom is -0.497 e. The van der Waals surface area contributed by atoms with Crippen LogP contribution in [0, 0.1) is 0 Å². The van der Waals surface area contributed by atoms with Crippen molar-refractivity contribution in [3.8, 4) is 5.75 Å². The second kappa shape index (κ2) is 8.15. The molecule has 2 rings (SSSR count). The van der Waals surface area contributed by atoms with Crippen molar-refractivity contribution in [1.82, 2.24) is 0 Å². The molecule has 0 spiro atoms. The molecule has 0 aliphatic carbocycles. The van der Waals surface area contributed by atoms with Crippen molar-refractivity contribution in [1.29, 1.82) is 0 Å². The van der Waals surface area contributed by atoms with Gasteiger partial charge in [-0.3, -0.25) is 0 Å². The van der Waals surface area contributed by atoms with Gasteiger partial charge in [0.1, 0.15) is 11.5 Å². The van der Waals surface area contributed by atoms with Crippen LogP contribution >= 0.6 is 11.6 Å². The van der Waals surface area contributed by atoms with E-state index in [2.05, 4.69) is 4.99 Å². The number of ether oxygens (including phenoxy) is 2. The van der Waals surface area contributed by atoms with E-state index in [-0.39, 0.29) is 5.71 Å². The topological polar surface area (TPSA) is 47.9 Å². The zero-order chi connectivity index (χ0) is 16.7. The molecule has 0 bridgehead atoms. The molecule has 0 aromatic heterocycles. The van der Waals surface area contributed by atoms with E-state index in [1.165, 1.54) is 7.11 Å². The number of nitrogens with zero attached hydrogens (tertiary/aromatic N) is 1. The minimum atomic E-state index is -0.508. The summed E-state index contributed by atoms with van der Waals surface area (Å²) in [4.78, 5) is 16.2. The van der Waals surface area contributed by atoms with Crippen molar-refractivity contribution < 1.29 is 14.3 Å². The van der Waals surface area contributed by atoms with Crippen molar-refractivity contribution in [2.75, 3.05) is 14.2 Å². The van der Waals surface area contributed by atoms with Gasteiger partial charge in [-0.25, -0.2) is 9.79 Å². The highest BCUT2D eigenvalue weighted by atomic mass is 35.5. The molecular weight excluding hydrogens is 314 g/mol. The lowest BCUT2D eigenvalue weighted by Crippen LogP contribution is -2.12. The number of esters is 1. The van der Waals surface area contributed by atoms with Crippen molar-refractivity contribution >= 4 is 35.0 Å². The van der Waals surface area contributed by atoms with Gasteiger partial charge in [-0.1, -0.05) is 29.8 Å². The standard InChI is InChI=1S/C18H16ClNO3/c1-22-16-10-8-15(9-11-16)20-17(18(21)23-2)12-5-13-3-6-14(19)7-4-13/h3-12H,1-2H3/b12-5+,20-17?. The van der Waals surface area contributed by atoms with E-state index in [1.807, 2.05) is 12.1 Å². The maximum Gasteiger partial charge on any atom is 0.356 e. The lowest BCUT2D eigenvalue weighted by molar-refractivity contribution is -0.132. The van der Waals surface area contributed by atoms with E-state index in [9.17, 15) is 4.79 Å². The summed E-state index contributed by atoms with van der Waals surface area (Å²) in [6, 6.07) is 14.3. The minimum absolute atomic E-state index is 0.201. The molecule has 0 saturated carbocycles.